The lowest BCUT2D eigenvalue weighted by Crippen LogP contribution is -2.02. The topological polar surface area (TPSA) is 45.4 Å². The van der Waals surface area contributed by atoms with E-state index in [1.165, 1.54) is 0 Å². The first-order chi connectivity index (χ1) is 7.70. The molecule has 0 saturated carbocycles. The zero-order valence-corrected chi connectivity index (χ0v) is 9.90. The number of aromatic nitrogens is 1. The minimum absolute atomic E-state index is 0.237. The molecule has 2 rings (SSSR count). The summed E-state index contributed by atoms with van der Waals surface area (Å²) < 4.78 is 1.58. The van der Waals surface area contributed by atoms with Crippen LogP contribution in [0.4, 0.5) is 0 Å². The molecule has 88 valence electrons. The molecule has 1 aromatic heterocycles. The maximum Gasteiger partial charge on any atom is 0.198 e. The van der Waals surface area contributed by atoms with E-state index in [-0.39, 0.29) is 17.7 Å². The Labute approximate surface area is 96.0 Å². The molecular weight excluding hydrogens is 202 g/mol. The van der Waals surface area contributed by atoms with Gasteiger partial charge in [0.15, 0.2) is 11.8 Å². The molecule has 0 spiro atoms. The van der Waals surface area contributed by atoms with E-state index in [0.29, 0.717) is 6.54 Å². The van der Waals surface area contributed by atoms with Crippen LogP contribution in [0.5, 0.6) is 11.8 Å². The monoisotopic (exact) mass is 221 g/mol. The summed E-state index contributed by atoms with van der Waals surface area (Å²) in [6, 6.07) is 0. The third-order valence-electron chi connectivity index (χ3n) is 3.32. The fourth-order valence-electron chi connectivity index (χ4n) is 2.55. The third-order valence-corrected chi connectivity index (χ3v) is 3.32. The molecule has 0 fully saturated rings. The quantitative estimate of drug-likeness (QED) is 0.771. The van der Waals surface area contributed by atoms with Crippen LogP contribution >= 0.6 is 0 Å². The Morgan fingerprint density at radius 3 is 2.69 bits per heavy atom. The van der Waals surface area contributed by atoms with Gasteiger partial charge in [0.25, 0.3) is 0 Å². The zero-order valence-electron chi connectivity index (χ0n) is 9.90. The molecule has 1 heterocycles. The molecule has 1 aliphatic rings. The average molecular weight is 221 g/mol. The number of fused-ring (bicyclic) bond motifs is 1. The fourth-order valence-corrected chi connectivity index (χ4v) is 2.55. The number of hydrogen-bond donors (Lipinski definition) is 2. The lowest BCUT2D eigenvalue weighted by atomic mass is 9.87. The highest BCUT2D eigenvalue weighted by atomic mass is 16.3. The molecule has 0 amide bonds. The second-order valence-electron chi connectivity index (χ2n) is 4.31. The minimum Gasteiger partial charge on any atom is -0.494 e. The van der Waals surface area contributed by atoms with Crippen LogP contribution in [0.25, 0.3) is 0 Å². The van der Waals surface area contributed by atoms with E-state index < -0.39 is 0 Å². The van der Waals surface area contributed by atoms with E-state index in [2.05, 4.69) is 19.1 Å². The fraction of sp³-hybridized carbons (Fsp3) is 0.538. The predicted octanol–water partition coefficient (Wildman–Crippen LogP) is 2.92. The Kier molecular flexibility index (Phi) is 2.95. The van der Waals surface area contributed by atoms with Crippen LogP contribution in [-0.2, 0) is 13.0 Å². The van der Waals surface area contributed by atoms with Gasteiger partial charge < -0.3 is 10.2 Å². The van der Waals surface area contributed by atoms with E-state index in [9.17, 15) is 10.2 Å². The second kappa shape index (κ2) is 4.24. The van der Waals surface area contributed by atoms with Gasteiger partial charge in [0.1, 0.15) is 0 Å². The van der Waals surface area contributed by atoms with Gasteiger partial charge in [-0.05, 0) is 19.8 Å². The van der Waals surface area contributed by atoms with E-state index in [0.717, 1.165) is 30.4 Å². The molecule has 0 radical (unpaired) electrons. The molecule has 3 heteroatoms. The van der Waals surface area contributed by atoms with Gasteiger partial charge >= 0.3 is 0 Å². The van der Waals surface area contributed by atoms with Gasteiger partial charge in [-0.15, -0.1) is 0 Å². The number of aromatic hydroxyl groups is 2. The Balaban J connectivity index is 2.50. The minimum atomic E-state index is 0.237. The highest BCUT2D eigenvalue weighted by molar-refractivity contribution is 5.51. The van der Waals surface area contributed by atoms with Crippen LogP contribution < -0.4 is 0 Å². The first kappa shape index (κ1) is 11.1. The highest BCUT2D eigenvalue weighted by Gasteiger charge is 2.27. The Bertz CT molecular complexity index is 418. The van der Waals surface area contributed by atoms with Crippen molar-refractivity contribution in [2.45, 2.75) is 45.6 Å². The van der Waals surface area contributed by atoms with Crippen LogP contribution in [0.15, 0.2) is 12.2 Å². The van der Waals surface area contributed by atoms with Crippen LogP contribution in [0, 0.1) is 0 Å². The maximum absolute atomic E-state index is 10.1. The standard InChI is InChI=1S/C13H19NO2/c1-3-6-9-7-5-8-10-11(9)13(16)14(4-2)12(10)15/h5,7,9,15-16H,3-4,6,8H2,1-2H3. The number of rotatable bonds is 3. The zero-order chi connectivity index (χ0) is 11.7. The summed E-state index contributed by atoms with van der Waals surface area (Å²) in [7, 11) is 0. The SMILES string of the molecule is CCCC1C=CCc2c1c(O)n(CC)c2O. The van der Waals surface area contributed by atoms with Crippen LogP contribution in [0.3, 0.4) is 0 Å². The summed E-state index contributed by atoms with van der Waals surface area (Å²) in [6.45, 7) is 4.66. The largest absolute Gasteiger partial charge is 0.494 e. The molecule has 1 atom stereocenters. The second-order valence-corrected chi connectivity index (χ2v) is 4.31. The van der Waals surface area contributed by atoms with E-state index in [4.69, 9.17) is 0 Å². The lowest BCUT2D eigenvalue weighted by Gasteiger charge is -2.16. The molecule has 1 aromatic rings. The van der Waals surface area contributed by atoms with Crippen molar-refractivity contribution in [3.05, 3.63) is 23.3 Å². The summed E-state index contributed by atoms with van der Waals surface area (Å²) in [4.78, 5) is 0. The Hall–Kier alpha value is -1.38. The van der Waals surface area contributed by atoms with E-state index in [1.807, 2.05) is 6.92 Å². The smallest absolute Gasteiger partial charge is 0.198 e. The van der Waals surface area contributed by atoms with Crippen molar-refractivity contribution in [3.8, 4) is 11.8 Å². The molecule has 0 bridgehead atoms. The van der Waals surface area contributed by atoms with Gasteiger partial charge in [-0.3, -0.25) is 4.57 Å². The van der Waals surface area contributed by atoms with Gasteiger partial charge in [0.2, 0.25) is 0 Å². The van der Waals surface area contributed by atoms with Gasteiger partial charge in [0, 0.05) is 23.6 Å². The summed E-state index contributed by atoms with van der Waals surface area (Å²) in [6.07, 6.45) is 7.05. The highest BCUT2D eigenvalue weighted by Crippen LogP contribution is 2.43. The summed E-state index contributed by atoms with van der Waals surface area (Å²) >= 11 is 0. The van der Waals surface area contributed by atoms with Crippen molar-refractivity contribution in [2.75, 3.05) is 0 Å². The van der Waals surface area contributed by atoms with Crippen molar-refractivity contribution in [1.29, 1.82) is 0 Å². The molecule has 0 aliphatic heterocycles. The van der Waals surface area contributed by atoms with E-state index >= 15 is 0 Å². The predicted molar refractivity (Wildman–Crippen MR) is 63.9 cm³/mol. The number of allylic oxidation sites excluding steroid dienone is 2. The summed E-state index contributed by atoms with van der Waals surface area (Å²) in [5.74, 6) is 0.741. The Morgan fingerprint density at radius 2 is 2.06 bits per heavy atom. The molecule has 3 nitrogen and oxygen atoms in total. The summed E-state index contributed by atoms with van der Waals surface area (Å²) in [5.41, 5.74) is 1.84. The van der Waals surface area contributed by atoms with Crippen LogP contribution in [0.1, 0.15) is 43.7 Å². The molecule has 0 aromatic carbocycles. The molecule has 1 unspecified atom stereocenters. The third kappa shape index (κ3) is 1.51. The maximum atomic E-state index is 10.1. The molecule has 16 heavy (non-hydrogen) atoms. The first-order valence-corrected chi connectivity index (χ1v) is 6.00. The number of nitrogens with zero attached hydrogens (tertiary/aromatic N) is 1. The van der Waals surface area contributed by atoms with Crippen molar-refractivity contribution < 1.29 is 10.2 Å². The van der Waals surface area contributed by atoms with Gasteiger partial charge in [-0.2, -0.15) is 0 Å². The normalized spacial score (nSPS) is 18.8. The van der Waals surface area contributed by atoms with Gasteiger partial charge in [-0.25, -0.2) is 0 Å². The lowest BCUT2D eigenvalue weighted by molar-refractivity contribution is 0.370. The van der Waals surface area contributed by atoms with Crippen molar-refractivity contribution in [3.63, 3.8) is 0 Å². The van der Waals surface area contributed by atoms with Gasteiger partial charge in [0.05, 0.1) is 0 Å². The Morgan fingerprint density at radius 1 is 1.31 bits per heavy atom. The number of hydrogen-bond acceptors (Lipinski definition) is 2. The molecule has 1 aliphatic carbocycles. The average Bonchev–Trinajstić information content (AvgIpc) is 2.53. The molecular formula is C13H19NO2. The molecule has 2 N–H and O–H groups in total. The molecule has 0 saturated heterocycles. The van der Waals surface area contributed by atoms with Crippen molar-refractivity contribution >= 4 is 0 Å². The van der Waals surface area contributed by atoms with Gasteiger partial charge in [-0.1, -0.05) is 25.5 Å². The van der Waals surface area contributed by atoms with E-state index in [1.54, 1.807) is 4.57 Å². The first-order valence-electron chi connectivity index (χ1n) is 6.00. The van der Waals surface area contributed by atoms with Crippen LogP contribution in [-0.4, -0.2) is 14.8 Å². The summed E-state index contributed by atoms with van der Waals surface area (Å²) in [5, 5.41) is 20.1. The van der Waals surface area contributed by atoms with Crippen molar-refractivity contribution in [1.82, 2.24) is 4.57 Å². The van der Waals surface area contributed by atoms with Crippen LogP contribution in [0.2, 0.25) is 0 Å². The van der Waals surface area contributed by atoms with Crippen molar-refractivity contribution in [2.24, 2.45) is 0 Å².